The van der Waals surface area contributed by atoms with Crippen molar-refractivity contribution < 1.29 is 14.3 Å². The number of aryl methyl sites for hydroxylation is 1. The summed E-state index contributed by atoms with van der Waals surface area (Å²) >= 11 is 1.59. The average molecular weight is 329 g/mol. The van der Waals surface area contributed by atoms with Crippen molar-refractivity contribution in [3.8, 4) is 0 Å². The third-order valence-corrected chi connectivity index (χ3v) is 4.04. The fourth-order valence-electron chi connectivity index (χ4n) is 1.89. The van der Waals surface area contributed by atoms with E-state index >= 15 is 0 Å². The van der Waals surface area contributed by atoms with Crippen molar-refractivity contribution in [3.05, 3.63) is 59.7 Å². The van der Waals surface area contributed by atoms with Crippen LogP contribution in [0.3, 0.4) is 0 Å². The largest absolute Gasteiger partial charge is 0.449 e. The molecule has 0 saturated heterocycles. The number of esters is 1. The van der Waals surface area contributed by atoms with Gasteiger partial charge < -0.3 is 10.1 Å². The second-order valence-corrected chi connectivity index (χ2v) is 6.01. The van der Waals surface area contributed by atoms with Gasteiger partial charge in [0, 0.05) is 10.6 Å². The lowest BCUT2D eigenvalue weighted by atomic mass is 10.2. The Labute approximate surface area is 140 Å². The van der Waals surface area contributed by atoms with Gasteiger partial charge in [-0.15, -0.1) is 11.8 Å². The molecule has 0 aliphatic heterocycles. The molecule has 0 aromatic heterocycles. The lowest BCUT2D eigenvalue weighted by Gasteiger charge is -2.13. The zero-order chi connectivity index (χ0) is 16.8. The molecule has 4 nitrogen and oxygen atoms in total. The minimum atomic E-state index is -0.871. The van der Waals surface area contributed by atoms with Gasteiger partial charge in [-0.2, -0.15) is 0 Å². The molecule has 23 heavy (non-hydrogen) atoms. The summed E-state index contributed by atoms with van der Waals surface area (Å²) in [5, 5.41) is 2.72. The van der Waals surface area contributed by atoms with Crippen LogP contribution in [0.2, 0.25) is 0 Å². The molecule has 2 aromatic carbocycles. The summed E-state index contributed by atoms with van der Waals surface area (Å²) in [6, 6.07) is 14.5. The number of carbonyl (C=O) groups is 2. The molecular weight excluding hydrogens is 310 g/mol. The standard InChI is InChI=1S/C18H19NO3S/c1-12-4-8-15(9-5-12)19-17(20)13(2)22-18(21)14-6-10-16(23-3)11-7-14/h4-11,13H,1-3H3,(H,19,20)/t13-/m0/s1. The SMILES string of the molecule is CSc1ccc(C(=O)O[C@@H](C)C(=O)Nc2ccc(C)cc2)cc1. The first kappa shape index (κ1) is 17.1. The lowest BCUT2D eigenvalue weighted by Crippen LogP contribution is -2.30. The highest BCUT2D eigenvalue weighted by Crippen LogP contribution is 2.16. The number of rotatable bonds is 5. The van der Waals surface area contributed by atoms with Gasteiger partial charge in [-0.1, -0.05) is 17.7 Å². The minimum absolute atomic E-state index is 0.358. The molecule has 1 atom stereocenters. The van der Waals surface area contributed by atoms with Gasteiger partial charge in [-0.3, -0.25) is 4.79 Å². The second kappa shape index (κ2) is 7.83. The summed E-state index contributed by atoms with van der Waals surface area (Å²) in [5.74, 6) is -0.868. The maximum Gasteiger partial charge on any atom is 0.338 e. The molecule has 0 aliphatic rings. The van der Waals surface area contributed by atoms with E-state index in [1.807, 2.05) is 49.6 Å². The Bertz CT molecular complexity index is 680. The van der Waals surface area contributed by atoms with Crippen LogP contribution in [0.15, 0.2) is 53.4 Å². The predicted octanol–water partition coefficient (Wildman–Crippen LogP) is 3.90. The highest BCUT2D eigenvalue weighted by atomic mass is 32.2. The van der Waals surface area contributed by atoms with Crippen LogP contribution in [0.1, 0.15) is 22.8 Å². The fourth-order valence-corrected chi connectivity index (χ4v) is 2.30. The summed E-state index contributed by atoms with van der Waals surface area (Å²) in [6.07, 6.45) is 1.09. The molecule has 5 heteroatoms. The zero-order valence-electron chi connectivity index (χ0n) is 13.3. The molecule has 2 rings (SSSR count). The zero-order valence-corrected chi connectivity index (χ0v) is 14.1. The number of amides is 1. The first-order valence-corrected chi connectivity index (χ1v) is 8.44. The molecule has 0 radical (unpaired) electrons. The number of thioether (sulfide) groups is 1. The highest BCUT2D eigenvalue weighted by molar-refractivity contribution is 7.98. The topological polar surface area (TPSA) is 55.4 Å². The number of ether oxygens (including phenoxy) is 1. The Balaban J connectivity index is 1.94. The minimum Gasteiger partial charge on any atom is -0.449 e. The van der Waals surface area contributed by atoms with E-state index in [4.69, 9.17) is 4.74 Å². The van der Waals surface area contributed by atoms with Crippen LogP contribution in [0.5, 0.6) is 0 Å². The van der Waals surface area contributed by atoms with Crippen molar-refractivity contribution in [2.24, 2.45) is 0 Å². The monoisotopic (exact) mass is 329 g/mol. The molecule has 0 fully saturated rings. The number of nitrogens with one attached hydrogen (secondary N) is 1. The van der Waals surface area contributed by atoms with E-state index < -0.39 is 12.1 Å². The maximum absolute atomic E-state index is 12.1. The average Bonchev–Trinajstić information content (AvgIpc) is 2.56. The van der Waals surface area contributed by atoms with Crippen LogP contribution in [0.4, 0.5) is 5.69 Å². The number of anilines is 1. The van der Waals surface area contributed by atoms with Crippen LogP contribution >= 0.6 is 11.8 Å². The Morgan fingerprint density at radius 2 is 1.65 bits per heavy atom. The summed E-state index contributed by atoms with van der Waals surface area (Å²) < 4.78 is 5.21. The smallest absolute Gasteiger partial charge is 0.338 e. The van der Waals surface area contributed by atoms with Gasteiger partial charge in [0.1, 0.15) is 0 Å². The second-order valence-electron chi connectivity index (χ2n) is 5.13. The van der Waals surface area contributed by atoms with Gasteiger partial charge in [0.05, 0.1) is 5.56 Å². The Hall–Kier alpha value is -2.27. The van der Waals surface area contributed by atoms with Crippen molar-refractivity contribution in [1.82, 2.24) is 0 Å². The van der Waals surface area contributed by atoms with Crippen LogP contribution in [-0.2, 0) is 9.53 Å². The van der Waals surface area contributed by atoms with E-state index in [1.54, 1.807) is 30.8 Å². The Morgan fingerprint density at radius 3 is 2.22 bits per heavy atom. The molecule has 0 unspecified atom stereocenters. The highest BCUT2D eigenvalue weighted by Gasteiger charge is 2.19. The first-order chi connectivity index (χ1) is 11.0. The molecule has 0 spiro atoms. The van der Waals surface area contributed by atoms with Gasteiger partial charge in [-0.25, -0.2) is 4.79 Å². The van der Waals surface area contributed by atoms with E-state index in [0.29, 0.717) is 11.3 Å². The van der Waals surface area contributed by atoms with Crippen molar-refractivity contribution in [2.45, 2.75) is 24.8 Å². The molecule has 0 saturated carbocycles. The van der Waals surface area contributed by atoms with Gasteiger partial charge in [0.2, 0.25) is 0 Å². The maximum atomic E-state index is 12.1. The Morgan fingerprint density at radius 1 is 1.04 bits per heavy atom. The normalized spacial score (nSPS) is 11.6. The third-order valence-electron chi connectivity index (χ3n) is 3.30. The summed E-state index contributed by atoms with van der Waals surface area (Å²) in [7, 11) is 0. The van der Waals surface area contributed by atoms with Crippen LogP contribution in [-0.4, -0.2) is 24.2 Å². The molecule has 0 heterocycles. The molecule has 1 amide bonds. The van der Waals surface area contributed by atoms with Crippen LogP contribution in [0.25, 0.3) is 0 Å². The molecule has 2 aromatic rings. The Kier molecular flexibility index (Phi) is 5.82. The van der Waals surface area contributed by atoms with E-state index in [-0.39, 0.29) is 5.91 Å². The van der Waals surface area contributed by atoms with E-state index in [0.717, 1.165) is 10.5 Å². The van der Waals surface area contributed by atoms with Gasteiger partial charge >= 0.3 is 5.97 Å². The van der Waals surface area contributed by atoms with Crippen LogP contribution < -0.4 is 5.32 Å². The summed E-state index contributed by atoms with van der Waals surface area (Å²) in [5.41, 5.74) is 2.21. The van der Waals surface area contributed by atoms with Crippen molar-refractivity contribution in [1.29, 1.82) is 0 Å². The summed E-state index contributed by atoms with van der Waals surface area (Å²) in [6.45, 7) is 3.52. The van der Waals surface area contributed by atoms with Crippen LogP contribution in [0, 0.1) is 6.92 Å². The fraction of sp³-hybridized carbons (Fsp3) is 0.222. The quantitative estimate of drug-likeness (QED) is 0.668. The molecule has 0 aliphatic carbocycles. The van der Waals surface area contributed by atoms with Crippen molar-refractivity contribution in [3.63, 3.8) is 0 Å². The number of benzene rings is 2. The molecule has 1 N–H and O–H groups in total. The lowest BCUT2D eigenvalue weighted by molar-refractivity contribution is -0.123. The third kappa shape index (κ3) is 4.86. The summed E-state index contributed by atoms with van der Waals surface area (Å²) in [4.78, 5) is 25.2. The first-order valence-electron chi connectivity index (χ1n) is 7.22. The number of carbonyl (C=O) groups excluding carboxylic acids is 2. The predicted molar refractivity (Wildman–Crippen MR) is 92.9 cm³/mol. The van der Waals surface area contributed by atoms with E-state index in [1.165, 1.54) is 0 Å². The van der Waals surface area contributed by atoms with E-state index in [2.05, 4.69) is 5.32 Å². The van der Waals surface area contributed by atoms with Gasteiger partial charge in [0.15, 0.2) is 6.10 Å². The van der Waals surface area contributed by atoms with Crippen molar-refractivity contribution >= 4 is 29.3 Å². The number of hydrogen-bond acceptors (Lipinski definition) is 4. The molecule has 120 valence electrons. The molecule has 0 bridgehead atoms. The molecular formula is C18H19NO3S. The van der Waals surface area contributed by atoms with Crippen molar-refractivity contribution in [2.75, 3.05) is 11.6 Å². The van der Waals surface area contributed by atoms with E-state index in [9.17, 15) is 9.59 Å². The van der Waals surface area contributed by atoms with Gasteiger partial charge in [-0.05, 0) is 56.5 Å². The van der Waals surface area contributed by atoms with Gasteiger partial charge in [0.25, 0.3) is 5.91 Å². The number of hydrogen-bond donors (Lipinski definition) is 1.